The Morgan fingerprint density at radius 1 is 0.717 bits per heavy atom. The van der Waals surface area contributed by atoms with E-state index >= 15 is 0 Å². The van der Waals surface area contributed by atoms with Crippen molar-refractivity contribution in [3.63, 3.8) is 0 Å². The molecule has 1 aromatic heterocycles. The summed E-state index contributed by atoms with van der Waals surface area (Å²) in [7, 11) is 0. The van der Waals surface area contributed by atoms with Crippen molar-refractivity contribution in [2.75, 3.05) is 13.2 Å². The van der Waals surface area contributed by atoms with Crippen LogP contribution in [0.25, 0.3) is 21.5 Å². The van der Waals surface area contributed by atoms with Gasteiger partial charge in [-0.25, -0.2) is 37.7 Å². The molecule has 0 aliphatic heterocycles. The first kappa shape index (κ1) is 31.8. The molecule has 1 heterocycles. The molecule has 12 heteroatoms. The van der Waals surface area contributed by atoms with Gasteiger partial charge in [-0.2, -0.15) is 0 Å². The molecule has 2 N–H and O–H groups in total. The molecule has 46 heavy (non-hydrogen) atoms. The van der Waals surface area contributed by atoms with E-state index in [0.29, 0.717) is 13.7 Å². The number of benzene rings is 4. The molecule has 236 valence electrons. The minimum Gasteiger partial charge on any atom is -0.459 e. The quantitative estimate of drug-likeness (QED) is 0.156. The predicted octanol–water partition coefficient (Wildman–Crippen LogP) is 2.10. The highest BCUT2D eigenvalue weighted by atomic mass is 16.6. The number of aliphatic hydroxyl groups is 2. The standard InChI is InChI=1S/C34H31N3O9/c1-2-15-35-32(42)36(18-28(39)21-45-30(40)26-13-11-22-7-3-5-9-24(22)16-26)34(44)37(33(35)43)19-29(20-38)46-31(41)27-14-12-23-8-4-6-10-25(23)17-27/h2-14,16-17,28-29,38-39H,1,15,18-21H2. The molecule has 0 spiro atoms. The van der Waals surface area contributed by atoms with E-state index in [9.17, 15) is 34.2 Å². The number of esters is 2. The molecular formula is C34H31N3O9. The van der Waals surface area contributed by atoms with E-state index in [1.165, 1.54) is 6.08 Å². The highest BCUT2D eigenvalue weighted by Gasteiger charge is 2.23. The molecule has 0 aliphatic rings. The molecule has 0 radical (unpaired) electrons. The van der Waals surface area contributed by atoms with Crippen LogP contribution in [0.5, 0.6) is 0 Å². The maximum absolute atomic E-state index is 13.4. The first-order chi connectivity index (χ1) is 22.2. The SMILES string of the molecule is C=CCn1c(=O)n(CC(O)COC(=O)c2ccc3ccccc3c2)c(=O)n(CC(CO)OC(=O)c2ccc3ccccc3c2)c1=O. The first-order valence-corrected chi connectivity index (χ1v) is 14.4. The Morgan fingerprint density at radius 2 is 1.22 bits per heavy atom. The number of allylic oxidation sites excluding steroid dienone is 1. The number of nitrogens with zero attached hydrogens (tertiary/aromatic N) is 3. The van der Waals surface area contributed by atoms with Gasteiger partial charge in [0.15, 0.2) is 0 Å². The molecule has 12 nitrogen and oxygen atoms in total. The van der Waals surface area contributed by atoms with Gasteiger partial charge in [-0.3, -0.25) is 0 Å². The lowest BCUT2D eigenvalue weighted by Crippen LogP contribution is -2.56. The molecule has 0 fully saturated rings. The topological polar surface area (TPSA) is 159 Å². The van der Waals surface area contributed by atoms with Crippen LogP contribution in [0.4, 0.5) is 0 Å². The third-order valence-electron chi connectivity index (χ3n) is 7.33. The van der Waals surface area contributed by atoms with Gasteiger partial charge in [-0.05, 0) is 45.8 Å². The second-order valence-corrected chi connectivity index (χ2v) is 10.6. The zero-order chi connectivity index (χ0) is 32.8. The molecule has 0 saturated carbocycles. The summed E-state index contributed by atoms with van der Waals surface area (Å²) >= 11 is 0. The Bertz CT molecular complexity index is 2110. The summed E-state index contributed by atoms with van der Waals surface area (Å²) in [6.07, 6.45) is -1.56. The summed E-state index contributed by atoms with van der Waals surface area (Å²) in [4.78, 5) is 65.2. The molecule has 5 aromatic rings. The number of hydrogen-bond acceptors (Lipinski definition) is 9. The summed E-state index contributed by atoms with van der Waals surface area (Å²) < 4.78 is 12.6. The molecular weight excluding hydrogens is 594 g/mol. The molecule has 0 amide bonds. The van der Waals surface area contributed by atoms with Crippen LogP contribution in [-0.2, 0) is 29.1 Å². The minimum atomic E-state index is -1.50. The summed E-state index contributed by atoms with van der Waals surface area (Å²) in [5.41, 5.74) is -2.73. The Hall–Kier alpha value is -5.59. The lowest BCUT2D eigenvalue weighted by atomic mass is 10.1. The highest BCUT2D eigenvalue weighted by Crippen LogP contribution is 2.18. The Labute approximate surface area is 261 Å². The van der Waals surface area contributed by atoms with Gasteiger partial charge in [-0.15, -0.1) is 6.58 Å². The average molecular weight is 626 g/mol. The maximum Gasteiger partial charge on any atom is 0.338 e. The van der Waals surface area contributed by atoms with Crippen LogP contribution in [0.1, 0.15) is 20.7 Å². The van der Waals surface area contributed by atoms with Gasteiger partial charge >= 0.3 is 29.0 Å². The third kappa shape index (κ3) is 6.88. The predicted molar refractivity (Wildman–Crippen MR) is 170 cm³/mol. The molecule has 2 unspecified atom stereocenters. The summed E-state index contributed by atoms with van der Waals surface area (Å²) in [5, 5.41) is 24.1. The van der Waals surface area contributed by atoms with Crippen molar-refractivity contribution in [1.82, 2.24) is 13.7 Å². The van der Waals surface area contributed by atoms with Crippen molar-refractivity contribution in [1.29, 1.82) is 0 Å². The van der Waals surface area contributed by atoms with Gasteiger partial charge in [0.2, 0.25) is 0 Å². The summed E-state index contributed by atoms with van der Waals surface area (Å²) in [5.74, 6) is -1.51. The van der Waals surface area contributed by atoms with Gasteiger partial charge in [0.25, 0.3) is 0 Å². The molecule has 4 aromatic carbocycles. The second kappa shape index (κ2) is 14.0. The van der Waals surface area contributed by atoms with E-state index in [0.717, 1.165) is 21.5 Å². The maximum atomic E-state index is 13.4. The Balaban J connectivity index is 1.33. The molecule has 2 atom stereocenters. The lowest BCUT2D eigenvalue weighted by molar-refractivity contribution is 0.00704. The van der Waals surface area contributed by atoms with Crippen molar-refractivity contribution in [3.05, 3.63) is 140 Å². The summed E-state index contributed by atoms with van der Waals surface area (Å²) in [6.45, 7) is 0.764. The van der Waals surface area contributed by atoms with Gasteiger partial charge in [0.1, 0.15) is 18.8 Å². The third-order valence-corrected chi connectivity index (χ3v) is 7.33. The van der Waals surface area contributed by atoms with Crippen LogP contribution in [-0.4, -0.2) is 61.3 Å². The largest absolute Gasteiger partial charge is 0.459 e. The van der Waals surface area contributed by atoms with Crippen LogP contribution >= 0.6 is 0 Å². The number of fused-ring (bicyclic) bond motifs is 2. The molecule has 0 saturated heterocycles. The number of aromatic nitrogens is 3. The van der Waals surface area contributed by atoms with Crippen molar-refractivity contribution in [2.45, 2.75) is 31.8 Å². The number of aliphatic hydroxyl groups excluding tert-OH is 2. The van der Waals surface area contributed by atoms with Crippen LogP contribution in [0.2, 0.25) is 0 Å². The van der Waals surface area contributed by atoms with Crippen molar-refractivity contribution < 1.29 is 29.3 Å². The fraction of sp³-hybridized carbons (Fsp3) is 0.206. The Morgan fingerprint density at radius 3 is 1.76 bits per heavy atom. The van der Waals surface area contributed by atoms with Crippen molar-refractivity contribution in [2.24, 2.45) is 0 Å². The molecule has 5 rings (SSSR count). The van der Waals surface area contributed by atoms with Crippen LogP contribution in [0.3, 0.4) is 0 Å². The average Bonchev–Trinajstić information content (AvgIpc) is 3.08. The van der Waals surface area contributed by atoms with E-state index in [1.807, 2.05) is 48.5 Å². The van der Waals surface area contributed by atoms with Crippen molar-refractivity contribution in [3.8, 4) is 0 Å². The number of rotatable bonds is 12. The molecule has 0 aliphatic carbocycles. The number of hydrogen-bond donors (Lipinski definition) is 2. The van der Waals surface area contributed by atoms with E-state index in [2.05, 4.69) is 6.58 Å². The molecule has 0 bridgehead atoms. The van der Waals surface area contributed by atoms with E-state index in [-0.39, 0.29) is 17.7 Å². The van der Waals surface area contributed by atoms with Gasteiger partial charge < -0.3 is 19.7 Å². The van der Waals surface area contributed by atoms with E-state index in [4.69, 9.17) is 9.47 Å². The van der Waals surface area contributed by atoms with Crippen molar-refractivity contribution >= 4 is 33.5 Å². The fourth-order valence-electron chi connectivity index (χ4n) is 4.99. The van der Waals surface area contributed by atoms with E-state index < -0.39 is 67.5 Å². The Kier molecular flexibility index (Phi) is 9.70. The van der Waals surface area contributed by atoms with Gasteiger partial charge in [0, 0.05) is 0 Å². The van der Waals surface area contributed by atoms with Gasteiger partial charge in [0.05, 0.1) is 37.4 Å². The normalized spacial score (nSPS) is 12.5. The minimum absolute atomic E-state index is 0.194. The monoisotopic (exact) mass is 625 g/mol. The first-order valence-electron chi connectivity index (χ1n) is 14.4. The van der Waals surface area contributed by atoms with Crippen LogP contribution in [0.15, 0.2) is 112 Å². The number of carbonyl (C=O) groups excluding carboxylic acids is 2. The lowest BCUT2D eigenvalue weighted by Gasteiger charge is -2.19. The highest BCUT2D eigenvalue weighted by molar-refractivity contribution is 5.96. The fourth-order valence-corrected chi connectivity index (χ4v) is 4.99. The smallest absolute Gasteiger partial charge is 0.338 e. The van der Waals surface area contributed by atoms with Gasteiger partial charge in [-0.1, -0.05) is 66.7 Å². The second-order valence-electron chi connectivity index (χ2n) is 10.6. The zero-order valence-corrected chi connectivity index (χ0v) is 24.7. The number of ether oxygens (including phenoxy) is 2. The number of carbonyl (C=O) groups is 2. The van der Waals surface area contributed by atoms with E-state index in [1.54, 1.807) is 36.4 Å². The van der Waals surface area contributed by atoms with Crippen LogP contribution in [0, 0.1) is 0 Å². The zero-order valence-electron chi connectivity index (χ0n) is 24.7. The van der Waals surface area contributed by atoms with Crippen LogP contribution < -0.4 is 17.1 Å². The summed E-state index contributed by atoms with van der Waals surface area (Å²) in [6, 6.07) is 24.7.